The van der Waals surface area contributed by atoms with Gasteiger partial charge in [0.1, 0.15) is 17.5 Å². The van der Waals surface area contributed by atoms with Gasteiger partial charge in [-0.05, 0) is 25.0 Å². The summed E-state index contributed by atoms with van der Waals surface area (Å²) in [6, 6.07) is 9.05. The van der Waals surface area contributed by atoms with Gasteiger partial charge in [-0.2, -0.15) is 0 Å². The maximum atomic E-state index is 12.5. The quantitative estimate of drug-likeness (QED) is 0.729. The number of para-hydroxylation sites is 1. The normalized spacial score (nSPS) is 15.2. The Morgan fingerprint density at radius 3 is 2.88 bits per heavy atom. The number of benzene rings is 1. The van der Waals surface area contributed by atoms with Crippen LogP contribution in [0.15, 0.2) is 45.9 Å². The van der Waals surface area contributed by atoms with Crippen LogP contribution in [0.5, 0.6) is 0 Å². The number of hydrogen-bond acceptors (Lipinski definition) is 5. The standard InChI is InChI=1S/C19H20N4O3/c24-18(15-10-13-6-4-5-9-16(13)26-19(15)25)20-11-17-22-21-12-23(17)14-7-2-1-3-8-14/h4-6,9-10,12,14H,1-3,7-8,11H2,(H,20,24). The molecule has 134 valence electrons. The Bertz CT molecular complexity index is 986. The van der Waals surface area contributed by atoms with Gasteiger partial charge in [-0.15, -0.1) is 10.2 Å². The molecule has 2 heterocycles. The second kappa shape index (κ2) is 7.11. The fraction of sp³-hybridized carbons (Fsp3) is 0.368. The molecule has 1 N–H and O–H groups in total. The molecule has 2 aromatic heterocycles. The van der Waals surface area contributed by atoms with E-state index in [-0.39, 0.29) is 12.1 Å². The zero-order valence-electron chi connectivity index (χ0n) is 14.4. The Morgan fingerprint density at radius 1 is 1.23 bits per heavy atom. The summed E-state index contributed by atoms with van der Waals surface area (Å²) in [6.45, 7) is 0.224. The fourth-order valence-electron chi connectivity index (χ4n) is 3.53. The average Bonchev–Trinajstić information content (AvgIpc) is 3.15. The van der Waals surface area contributed by atoms with E-state index >= 15 is 0 Å². The molecule has 4 rings (SSSR count). The SMILES string of the molecule is O=C(NCc1nncn1C1CCCCC1)c1cc2ccccc2oc1=O. The molecule has 1 aliphatic carbocycles. The minimum absolute atomic E-state index is 0.00701. The summed E-state index contributed by atoms with van der Waals surface area (Å²) in [5, 5.41) is 11.6. The highest BCUT2D eigenvalue weighted by atomic mass is 16.4. The number of rotatable bonds is 4. The van der Waals surface area contributed by atoms with Gasteiger partial charge in [0.05, 0.1) is 6.54 Å². The number of aromatic nitrogens is 3. The smallest absolute Gasteiger partial charge is 0.349 e. The summed E-state index contributed by atoms with van der Waals surface area (Å²) in [5.41, 5.74) is -0.187. The van der Waals surface area contributed by atoms with E-state index in [4.69, 9.17) is 4.42 Å². The lowest BCUT2D eigenvalue weighted by Gasteiger charge is -2.24. The molecule has 7 nitrogen and oxygen atoms in total. The largest absolute Gasteiger partial charge is 0.422 e. The lowest BCUT2D eigenvalue weighted by Crippen LogP contribution is -2.29. The van der Waals surface area contributed by atoms with Crippen molar-refractivity contribution in [1.29, 1.82) is 0 Å². The van der Waals surface area contributed by atoms with Crippen LogP contribution in [0, 0.1) is 0 Å². The van der Waals surface area contributed by atoms with Crippen LogP contribution in [0.2, 0.25) is 0 Å². The molecule has 7 heteroatoms. The molecular weight excluding hydrogens is 332 g/mol. The van der Waals surface area contributed by atoms with Crippen LogP contribution in [0.1, 0.15) is 54.3 Å². The fourth-order valence-corrected chi connectivity index (χ4v) is 3.53. The Labute approximate surface area is 150 Å². The van der Waals surface area contributed by atoms with Gasteiger partial charge >= 0.3 is 5.63 Å². The Hall–Kier alpha value is -2.96. The predicted octanol–water partition coefficient (Wildman–Crippen LogP) is 2.82. The second-order valence-corrected chi connectivity index (χ2v) is 6.61. The number of fused-ring (bicyclic) bond motifs is 1. The highest BCUT2D eigenvalue weighted by Crippen LogP contribution is 2.28. The predicted molar refractivity (Wildman–Crippen MR) is 95.8 cm³/mol. The molecule has 26 heavy (non-hydrogen) atoms. The first-order valence-corrected chi connectivity index (χ1v) is 8.92. The van der Waals surface area contributed by atoms with Crippen molar-refractivity contribution in [1.82, 2.24) is 20.1 Å². The number of carbonyl (C=O) groups is 1. The van der Waals surface area contributed by atoms with Gasteiger partial charge in [0, 0.05) is 11.4 Å². The van der Waals surface area contributed by atoms with Crippen LogP contribution in [0.3, 0.4) is 0 Å². The lowest BCUT2D eigenvalue weighted by atomic mass is 9.95. The van der Waals surface area contributed by atoms with E-state index in [0.717, 1.165) is 12.8 Å². The van der Waals surface area contributed by atoms with Crippen LogP contribution < -0.4 is 10.9 Å². The van der Waals surface area contributed by atoms with E-state index in [9.17, 15) is 9.59 Å². The molecule has 0 spiro atoms. The van der Waals surface area contributed by atoms with E-state index in [1.807, 2.05) is 10.6 Å². The van der Waals surface area contributed by atoms with E-state index < -0.39 is 11.5 Å². The van der Waals surface area contributed by atoms with Crippen molar-refractivity contribution in [2.24, 2.45) is 0 Å². The molecule has 0 unspecified atom stereocenters. The van der Waals surface area contributed by atoms with Crippen molar-refractivity contribution in [3.05, 3.63) is 58.5 Å². The highest BCUT2D eigenvalue weighted by molar-refractivity contribution is 5.96. The van der Waals surface area contributed by atoms with E-state index in [1.54, 1.807) is 30.6 Å². The average molecular weight is 352 g/mol. The van der Waals surface area contributed by atoms with Crippen LogP contribution in [-0.2, 0) is 6.54 Å². The third-order valence-electron chi connectivity index (χ3n) is 4.91. The number of hydrogen-bond donors (Lipinski definition) is 1. The zero-order chi connectivity index (χ0) is 17.9. The highest BCUT2D eigenvalue weighted by Gasteiger charge is 2.19. The number of amides is 1. The van der Waals surface area contributed by atoms with E-state index in [0.29, 0.717) is 22.8 Å². The maximum Gasteiger partial charge on any atom is 0.349 e. The molecule has 1 saturated carbocycles. The van der Waals surface area contributed by atoms with E-state index in [1.165, 1.54) is 19.3 Å². The van der Waals surface area contributed by atoms with Crippen molar-refractivity contribution in [2.75, 3.05) is 0 Å². The molecule has 1 aromatic carbocycles. The first-order chi connectivity index (χ1) is 12.7. The molecule has 1 aliphatic rings. The Kier molecular flexibility index (Phi) is 4.51. The molecule has 0 radical (unpaired) electrons. The summed E-state index contributed by atoms with van der Waals surface area (Å²) in [4.78, 5) is 24.6. The molecular formula is C19H20N4O3. The van der Waals surface area contributed by atoms with Gasteiger partial charge in [-0.1, -0.05) is 37.5 Å². The third kappa shape index (κ3) is 3.24. The first-order valence-electron chi connectivity index (χ1n) is 8.92. The van der Waals surface area contributed by atoms with Gasteiger partial charge in [0.2, 0.25) is 0 Å². The van der Waals surface area contributed by atoms with Crippen molar-refractivity contribution >= 4 is 16.9 Å². The second-order valence-electron chi connectivity index (χ2n) is 6.61. The van der Waals surface area contributed by atoms with Crippen LogP contribution in [-0.4, -0.2) is 20.7 Å². The topological polar surface area (TPSA) is 90.0 Å². The van der Waals surface area contributed by atoms with E-state index in [2.05, 4.69) is 15.5 Å². The summed E-state index contributed by atoms with van der Waals surface area (Å²) in [5.74, 6) is 0.234. The van der Waals surface area contributed by atoms with Crippen LogP contribution in [0.25, 0.3) is 11.0 Å². The lowest BCUT2D eigenvalue weighted by molar-refractivity contribution is 0.0945. The van der Waals surface area contributed by atoms with Gasteiger partial charge < -0.3 is 14.3 Å². The third-order valence-corrected chi connectivity index (χ3v) is 4.91. The molecule has 0 aliphatic heterocycles. The van der Waals surface area contributed by atoms with Crippen molar-refractivity contribution in [3.8, 4) is 0 Å². The summed E-state index contributed by atoms with van der Waals surface area (Å²) >= 11 is 0. The summed E-state index contributed by atoms with van der Waals surface area (Å²) in [6.07, 6.45) is 7.60. The minimum Gasteiger partial charge on any atom is -0.422 e. The van der Waals surface area contributed by atoms with Gasteiger partial charge in [0.25, 0.3) is 5.91 Å². The van der Waals surface area contributed by atoms with Crippen molar-refractivity contribution in [3.63, 3.8) is 0 Å². The van der Waals surface area contributed by atoms with Gasteiger partial charge in [-0.3, -0.25) is 4.79 Å². The summed E-state index contributed by atoms with van der Waals surface area (Å²) in [7, 11) is 0. The number of nitrogens with one attached hydrogen (secondary N) is 1. The number of nitrogens with zero attached hydrogens (tertiary/aromatic N) is 3. The van der Waals surface area contributed by atoms with Crippen LogP contribution in [0.4, 0.5) is 0 Å². The molecule has 0 saturated heterocycles. The molecule has 1 fully saturated rings. The molecule has 0 atom stereocenters. The Morgan fingerprint density at radius 2 is 2.04 bits per heavy atom. The van der Waals surface area contributed by atoms with Gasteiger partial charge in [0.15, 0.2) is 5.82 Å². The zero-order valence-corrected chi connectivity index (χ0v) is 14.4. The van der Waals surface area contributed by atoms with Crippen molar-refractivity contribution in [2.45, 2.75) is 44.7 Å². The molecule has 1 amide bonds. The Balaban J connectivity index is 1.50. The number of carbonyl (C=O) groups excluding carboxylic acids is 1. The minimum atomic E-state index is -0.644. The van der Waals surface area contributed by atoms with Crippen molar-refractivity contribution < 1.29 is 9.21 Å². The molecule has 3 aromatic rings. The monoisotopic (exact) mass is 352 g/mol. The first kappa shape index (κ1) is 16.5. The van der Waals surface area contributed by atoms with Crippen LogP contribution >= 0.6 is 0 Å². The maximum absolute atomic E-state index is 12.5. The summed E-state index contributed by atoms with van der Waals surface area (Å²) < 4.78 is 7.26. The van der Waals surface area contributed by atoms with Gasteiger partial charge in [-0.25, -0.2) is 4.79 Å². The molecule has 0 bridgehead atoms.